The summed E-state index contributed by atoms with van der Waals surface area (Å²) in [5.74, 6) is 0. The molecule has 1 aromatic heterocycles. The Morgan fingerprint density at radius 3 is 2.62 bits per heavy atom. The Hall–Kier alpha value is -1.42. The smallest absolute Gasteiger partial charge is 0.152 e. The van der Waals surface area contributed by atoms with Crippen LogP contribution < -0.4 is 0 Å². The first-order chi connectivity index (χ1) is 10.4. The Kier molecular flexibility index (Phi) is 6.67. The summed E-state index contributed by atoms with van der Waals surface area (Å²) in [7, 11) is 0. The highest BCUT2D eigenvalue weighted by Gasteiger charge is 2.15. The first-order valence-electron chi connectivity index (χ1n) is 8.28. The van der Waals surface area contributed by atoms with E-state index in [-0.39, 0.29) is 6.23 Å². The van der Waals surface area contributed by atoms with Gasteiger partial charge in [0.1, 0.15) is 5.52 Å². The highest BCUT2D eigenvalue weighted by Crippen LogP contribution is 2.22. The lowest BCUT2D eigenvalue weighted by molar-refractivity contribution is -0.00431. The van der Waals surface area contributed by atoms with Gasteiger partial charge >= 0.3 is 0 Å². The summed E-state index contributed by atoms with van der Waals surface area (Å²) < 4.78 is 7.82. The molecule has 0 aliphatic heterocycles. The van der Waals surface area contributed by atoms with Crippen LogP contribution in [0.1, 0.15) is 65.0 Å². The molecule has 0 fully saturated rings. The van der Waals surface area contributed by atoms with Gasteiger partial charge in [-0.05, 0) is 31.9 Å². The van der Waals surface area contributed by atoms with Crippen molar-refractivity contribution in [3.8, 4) is 0 Å². The third kappa shape index (κ3) is 4.53. The maximum absolute atomic E-state index is 5.88. The molecule has 0 bridgehead atoms. The molecule has 4 heteroatoms. The Balaban J connectivity index is 1.92. The highest BCUT2D eigenvalue weighted by molar-refractivity contribution is 5.73. The molecule has 4 nitrogen and oxygen atoms in total. The second kappa shape index (κ2) is 8.78. The first kappa shape index (κ1) is 16.0. The third-order valence-electron chi connectivity index (χ3n) is 3.81. The fraction of sp³-hybridized carbons (Fsp3) is 0.647. The van der Waals surface area contributed by atoms with Crippen LogP contribution in [0.15, 0.2) is 24.3 Å². The van der Waals surface area contributed by atoms with Crippen LogP contribution in [-0.2, 0) is 4.74 Å². The average molecular weight is 289 g/mol. The Morgan fingerprint density at radius 2 is 1.81 bits per heavy atom. The van der Waals surface area contributed by atoms with Gasteiger partial charge in [-0.1, -0.05) is 56.4 Å². The number of hydrogen-bond donors (Lipinski definition) is 0. The predicted octanol–water partition coefficient (Wildman–Crippen LogP) is 4.72. The number of rotatable bonds is 10. The second-order valence-electron chi connectivity index (χ2n) is 5.49. The summed E-state index contributed by atoms with van der Waals surface area (Å²) in [5.41, 5.74) is 1.99. The minimum Gasteiger partial charge on any atom is -0.357 e. The molecule has 1 heterocycles. The van der Waals surface area contributed by atoms with E-state index in [1.807, 2.05) is 29.8 Å². The van der Waals surface area contributed by atoms with Crippen LogP contribution in [0.25, 0.3) is 11.0 Å². The van der Waals surface area contributed by atoms with Crippen molar-refractivity contribution in [1.82, 2.24) is 15.0 Å². The molecule has 116 valence electrons. The predicted molar refractivity (Wildman–Crippen MR) is 86.2 cm³/mol. The molecule has 2 rings (SSSR count). The van der Waals surface area contributed by atoms with E-state index in [0.29, 0.717) is 6.61 Å². The number of nitrogens with zero attached hydrogens (tertiary/aromatic N) is 3. The van der Waals surface area contributed by atoms with Gasteiger partial charge < -0.3 is 4.74 Å². The number of unbranched alkanes of at least 4 members (excludes halogenated alkanes) is 5. The maximum Gasteiger partial charge on any atom is 0.152 e. The van der Waals surface area contributed by atoms with E-state index >= 15 is 0 Å². The minimum atomic E-state index is 0.00794. The van der Waals surface area contributed by atoms with E-state index in [0.717, 1.165) is 17.5 Å². The quantitative estimate of drug-likeness (QED) is 0.594. The van der Waals surface area contributed by atoms with Gasteiger partial charge in [-0.2, -0.15) is 0 Å². The van der Waals surface area contributed by atoms with E-state index in [2.05, 4.69) is 23.3 Å². The van der Waals surface area contributed by atoms with Crippen LogP contribution in [-0.4, -0.2) is 21.6 Å². The largest absolute Gasteiger partial charge is 0.357 e. The summed E-state index contributed by atoms with van der Waals surface area (Å²) in [6.45, 7) is 4.99. The molecule has 0 saturated carbocycles. The molecule has 2 aromatic rings. The van der Waals surface area contributed by atoms with E-state index in [4.69, 9.17) is 4.74 Å². The highest BCUT2D eigenvalue weighted by atomic mass is 16.5. The molecule has 21 heavy (non-hydrogen) atoms. The molecular weight excluding hydrogens is 262 g/mol. The molecule has 0 amide bonds. The summed E-state index contributed by atoms with van der Waals surface area (Å²) in [5, 5.41) is 8.51. The summed E-state index contributed by atoms with van der Waals surface area (Å²) >= 11 is 0. The normalized spacial score (nSPS) is 12.9. The average Bonchev–Trinajstić information content (AvgIpc) is 2.93. The Morgan fingerprint density at radius 1 is 1.05 bits per heavy atom. The maximum atomic E-state index is 5.88. The van der Waals surface area contributed by atoms with Crippen LogP contribution in [0.4, 0.5) is 0 Å². The SMILES string of the molecule is CCCCCCCCC(OCC)n1nnc2ccccc21. The lowest BCUT2D eigenvalue weighted by Crippen LogP contribution is -2.14. The van der Waals surface area contributed by atoms with Gasteiger partial charge in [-0.25, -0.2) is 4.68 Å². The number of benzene rings is 1. The molecule has 0 aliphatic rings. The molecule has 0 radical (unpaired) electrons. The zero-order valence-corrected chi connectivity index (χ0v) is 13.3. The molecule has 1 atom stereocenters. The van der Waals surface area contributed by atoms with Gasteiger partial charge in [-0.15, -0.1) is 5.10 Å². The fourth-order valence-electron chi connectivity index (χ4n) is 2.67. The molecule has 0 saturated heterocycles. The number of fused-ring (bicyclic) bond motifs is 1. The molecule has 0 spiro atoms. The van der Waals surface area contributed by atoms with Crippen molar-refractivity contribution in [2.45, 2.75) is 65.0 Å². The van der Waals surface area contributed by atoms with Crippen LogP contribution in [0.2, 0.25) is 0 Å². The Labute approximate surface area is 127 Å². The number of hydrogen-bond acceptors (Lipinski definition) is 3. The monoisotopic (exact) mass is 289 g/mol. The van der Waals surface area contributed by atoms with Gasteiger partial charge in [0.05, 0.1) is 5.52 Å². The number of aromatic nitrogens is 3. The van der Waals surface area contributed by atoms with Crippen molar-refractivity contribution >= 4 is 11.0 Å². The zero-order chi connectivity index (χ0) is 14.9. The van der Waals surface area contributed by atoms with Crippen LogP contribution in [0.5, 0.6) is 0 Å². The van der Waals surface area contributed by atoms with Gasteiger partial charge in [0.15, 0.2) is 6.23 Å². The van der Waals surface area contributed by atoms with Crippen molar-refractivity contribution in [3.05, 3.63) is 24.3 Å². The van der Waals surface area contributed by atoms with Crippen LogP contribution >= 0.6 is 0 Å². The van der Waals surface area contributed by atoms with Gasteiger partial charge in [0, 0.05) is 6.61 Å². The van der Waals surface area contributed by atoms with Gasteiger partial charge in [-0.3, -0.25) is 0 Å². The zero-order valence-electron chi connectivity index (χ0n) is 13.3. The molecule has 0 aliphatic carbocycles. The lowest BCUT2D eigenvalue weighted by Gasteiger charge is -2.17. The summed E-state index contributed by atoms with van der Waals surface area (Å²) in [6, 6.07) is 8.07. The summed E-state index contributed by atoms with van der Waals surface area (Å²) in [4.78, 5) is 0. The lowest BCUT2D eigenvalue weighted by atomic mass is 10.1. The molecular formula is C17H27N3O. The third-order valence-corrected chi connectivity index (χ3v) is 3.81. The molecule has 1 unspecified atom stereocenters. The van der Waals surface area contributed by atoms with Crippen molar-refractivity contribution in [2.24, 2.45) is 0 Å². The standard InChI is InChI=1S/C17H27N3O/c1-3-5-6-7-8-9-14-17(21-4-2)20-16-13-11-10-12-15(16)18-19-20/h10-13,17H,3-9,14H2,1-2H3. The van der Waals surface area contributed by atoms with E-state index in [1.54, 1.807) is 0 Å². The van der Waals surface area contributed by atoms with Crippen molar-refractivity contribution < 1.29 is 4.74 Å². The number of para-hydroxylation sites is 1. The van der Waals surface area contributed by atoms with Crippen LogP contribution in [0.3, 0.4) is 0 Å². The summed E-state index contributed by atoms with van der Waals surface area (Å²) in [6.07, 6.45) is 8.79. The van der Waals surface area contributed by atoms with E-state index in [9.17, 15) is 0 Å². The number of ether oxygens (including phenoxy) is 1. The van der Waals surface area contributed by atoms with E-state index in [1.165, 1.54) is 38.5 Å². The Bertz CT molecular complexity index is 523. The van der Waals surface area contributed by atoms with E-state index < -0.39 is 0 Å². The minimum absolute atomic E-state index is 0.00794. The second-order valence-corrected chi connectivity index (χ2v) is 5.49. The molecule has 1 aromatic carbocycles. The first-order valence-corrected chi connectivity index (χ1v) is 8.28. The van der Waals surface area contributed by atoms with Crippen molar-refractivity contribution in [1.29, 1.82) is 0 Å². The topological polar surface area (TPSA) is 39.9 Å². The van der Waals surface area contributed by atoms with Crippen LogP contribution in [0, 0.1) is 0 Å². The fourth-order valence-corrected chi connectivity index (χ4v) is 2.67. The van der Waals surface area contributed by atoms with Crippen molar-refractivity contribution in [2.75, 3.05) is 6.61 Å². The molecule has 0 N–H and O–H groups in total. The van der Waals surface area contributed by atoms with Gasteiger partial charge in [0.2, 0.25) is 0 Å². The van der Waals surface area contributed by atoms with Crippen molar-refractivity contribution in [3.63, 3.8) is 0 Å². The van der Waals surface area contributed by atoms with Gasteiger partial charge in [0.25, 0.3) is 0 Å².